The molecule has 1 N–H and O–H groups in total. The highest BCUT2D eigenvalue weighted by Gasteiger charge is 2.10. The third-order valence-corrected chi connectivity index (χ3v) is 4.42. The van der Waals surface area contributed by atoms with Crippen LogP contribution < -0.4 is 5.32 Å². The average molecular weight is 417 g/mol. The zero-order valence-electron chi connectivity index (χ0n) is 12.4. The van der Waals surface area contributed by atoms with Gasteiger partial charge in [0.25, 0.3) is 5.91 Å². The maximum Gasteiger partial charge on any atom is 0.256 e. The molecule has 0 aliphatic rings. The van der Waals surface area contributed by atoms with Gasteiger partial charge in [-0.1, -0.05) is 42.5 Å². The summed E-state index contributed by atoms with van der Waals surface area (Å²) in [5.74, 6) is -0.113. The number of amides is 1. The van der Waals surface area contributed by atoms with Crippen LogP contribution in [0.4, 0.5) is 5.69 Å². The van der Waals surface area contributed by atoms with Gasteiger partial charge in [-0.05, 0) is 46.7 Å². The van der Waals surface area contributed by atoms with Gasteiger partial charge in [-0.15, -0.1) is 0 Å². The topological polar surface area (TPSA) is 46.9 Å². The molecule has 1 heterocycles. The second kappa shape index (κ2) is 7.41. The minimum Gasteiger partial charge on any atom is -0.319 e. The molecule has 0 fully saturated rings. The summed E-state index contributed by atoms with van der Waals surface area (Å²) in [4.78, 5) is 12.3. The zero-order chi connectivity index (χ0) is 16.1. The number of carbonyl (C=O) groups excluding carboxylic acids is 1. The number of benzene rings is 2. The molecule has 4 nitrogen and oxygen atoms in total. The molecule has 1 amide bonds. The minimum absolute atomic E-state index is 0.113. The smallest absolute Gasteiger partial charge is 0.256 e. The summed E-state index contributed by atoms with van der Waals surface area (Å²) in [5, 5.41) is 7.19. The molecule has 116 valence electrons. The van der Waals surface area contributed by atoms with E-state index in [1.807, 2.05) is 53.3 Å². The minimum atomic E-state index is -0.113. The molecular weight excluding hydrogens is 401 g/mol. The molecule has 1 aromatic heterocycles. The summed E-state index contributed by atoms with van der Waals surface area (Å²) in [7, 11) is 0. The summed E-state index contributed by atoms with van der Waals surface area (Å²) < 4.78 is 2.78. The summed E-state index contributed by atoms with van der Waals surface area (Å²) in [6.07, 6.45) is 4.45. The van der Waals surface area contributed by atoms with Crippen molar-refractivity contribution in [2.75, 3.05) is 5.32 Å². The van der Waals surface area contributed by atoms with Gasteiger partial charge < -0.3 is 5.32 Å². The van der Waals surface area contributed by atoms with Crippen LogP contribution in [0.3, 0.4) is 0 Å². The fraction of sp³-hybridized carbons (Fsp3) is 0.111. The van der Waals surface area contributed by atoms with Gasteiger partial charge >= 0.3 is 0 Å². The monoisotopic (exact) mass is 417 g/mol. The van der Waals surface area contributed by atoms with Crippen LogP contribution in [0.2, 0.25) is 0 Å². The van der Waals surface area contributed by atoms with E-state index in [2.05, 4.69) is 45.1 Å². The van der Waals surface area contributed by atoms with E-state index in [1.165, 1.54) is 5.56 Å². The number of nitrogens with one attached hydrogen (secondary N) is 1. The second-order valence-electron chi connectivity index (χ2n) is 5.16. The Morgan fingerprint density at radius 2 is 1.83 bits per heavy atom. The van der Waals surface area contributed by atoms with Crippen LogP contribution in [0.15, 0.2) is 67.0 Å². The van der Waals surface area contributed by atoms with Gasteiger partial charge in [0.2, 0.25) is 0 Å². The van der Waals surface area contributed by atoms with Crippen molar-refractivity contribution in [1.29, 1.82) is 0 Å². The van der Waals surface area contributed by atoms with Crippen molar-refractivity contribution in [3.05, 3.63) is 81.7 Å². The predicted molar refractivity (Wildman–Crippen MR) is 99.5 cm³/mol. The van der Waals surface area contributed by atoms with Gasteiger partial charge in [0.15, 0.2) is 0 Å². The fourth-order valence-corrected chi connectivity index (χ4v) is 2.91. The van der Waals surface area contributed by atoms with E-state index >= 15 is 0 Å². The van der Waals surface area contributed by atoms with Crippen molar-refractivity contribution >= 4 is 34.2 Å². The Bertz CT molecular complexity index is 799. The van der Waals surface area contributed by atoms with Crippen LogP contribution >= 0.6 is 22.6 Å². The number of rotatable bonds is 5. The molecule has 3 aromatic rings. The van der Waals surface area contributed by atoms with E-state index in [0.29, 0.717) is 11.3 Å². The predicted octanol–water partition coefficient (Wildman–Crippen LogP) is 3.98. The molecule has 0 aliphatic carbocycles. The molecule has 23 heavy (non-hydrogen) atoms. The van der Waals surface area contributed by atoms with Crippen molar-refractivity contribution in [3.63, 3.8) is 0 Å². The number of hydrogen-bond donors (Lipinski definition) is 1. The number of carbonyl (C=O) groups is 1. The molecule has 2 aromatic carbocycles. The molecule has 0 spiro atoms. The van der Waals surface area contributed by atoms with Gasteiger partial charge in [0, 0.05) is 16.3 Å². The first kappa shape index (κ1) is 15.7. The summed E-state index contributed by atoms with van der Waals surface area (Å²) >= 11 is 2.16. The lowest BCUT2D eigenvalue weighted by molar-refractivity contribution is 0.102. The van der Waals surface area contributed by atoms with Crippen molar-refractivity contribution in [3.8, 4) is 0 Å². The molecule has 0 radical (unpaired) electrons. The Morgan fingerprint density at radius 3 is 2.61 bits per heavy atom. The van der Waals surface area contributed by atoms with E-state index in [0.717, 1.165) is 16.5 Å². The number of aromatic nitrogens is 2. The lowest BCUT2D eigenvalue weighted by Crippen LogP contribution is -2.12. The molecule has 3 rings (SSSR count). The summed E-state index contributed by atoms with van der Waals surface area (Å²) in [5.41, 5.74) is 2.65. The van der Waals surface area contributed by atoms with Gasteiger partial charge in [-0.25, -0.2) is 0 Å². The third-order valence-electron chi connectivity index (χ3n) is 3.48. The molecule has 0 saturated carbocycles. The number of aryl methyl sites for hydroxylation is 2. The first-order valence-electron chi connectivity index (χ1n) is 7.34. The first-order valence-corrected chi connectivity index (χ1v) is 8.42. The number of halogens is 1. The van der Waals surface area contributed by atoms with Crippen LogP contribution in [0, 0.1) is 3.57 Å². The van der Waals surface area contributed by atoms with E-state index < -0.39 is 0 Å². The van der Waals surface area contributed by atoms with E-state index in [-0.39, 0.29) is 5.91 Å². The lowest BCUT2D eigenvalue weighted by Gasteiger charge is -2.04. The Balaban J connectivity index is 1.61. The van der Waals surface area contributed by atoms with Crippen molar-refractivity contribution in [2.45, 2.75) is 13.0 Å². The SMILES string of the molecule is O=C(Nc1cnn(CCc2ccccc2)c1)c1ccccc1I. The number of anilines is 1. The van der Waals surface area contributed by atoms with Gasteiger partial charge in [0.05, 0.1) is 17.4 Å². The van der Waals surface area contributed by atoms with Crippen molar-refractivity contribution in [2.24, 2.45) is 0 Å². The molecule has 0 aliphatic heterocycles. The van der Waals surface area contributed by atoms with Crippen LogP contribution in [0.5, 0.6) is 0 Å². The number of hydrogen-bond acceptors (Lipinski definition) is 2. The van der Waals surface area contributed by atoms with Gasteiger partial charge in [0.1, 0.15) is 0 Å². The third kappa shape index (κ3) is 4.19. The van der Waals surface area contributed by atoms with Crippen LogP contribution in [-0.4, -0.2) is 15.7 Å². The lowest BCUT2D eigenvalue weighted by atomic mass is 10.1. The Morgan fingerprint density at radius 1 is 1.09 bits per heavy atom. The zero-order valence-corrected chi connectivity index (χ0v) is 14.6. The quantitative estimate of drug-likeness (QED) is 0.639. The highest BCUT2D eigenvalue weighted by Crippen LogP contribution is 2.14. The first-order chi connectivity index (χ1) is 11.2. The Kier molecular flexibility index (Phi) is 5.07. The molecule has 5 heteroatoms. The second-order valence-corrected chi connectivity index (χ2v) is 6.32. The molecule has 0 saturated heterocycles. The van der Waals surface area contributed by atoms with Crippen LogP contribution in [0.25, 0.3) is 0 Å². The molecule has 0 atom stereocenters. The number of nitrogens with zero attached hydrogens (tertiary/aromatic N) is 2. The molecule has 0 bridgehead atoms. The largest absolute Gasteiger partial charge is 0.319 e. The summed E-state index contributed by atoms with van der Waals surface area (Å²) in [6.45, 7) is 0.781. The van der Waals surface area contributed by atoms with E-state index in [9.17, 15) is 4.79 Å². The fourth-order valence-electron chi connectivity index (χ4n) is 2.28. The van der Waals surface area contributed by atoms with Crippen LogP contribution in [0.1, 0.15) is 15.9 Å². The van der Waals surface area contributed by atoms with E-state index in [4.69, 9.17) is 0 Å². The maximum atomic E-state index is 12.3. The van der Waals surface area contributed by atoms with Gasteiger partial charge in [-0.2, -0.15) is 5.10 Å². The molecule has 0 unspecified atom stereocenters. The average Bonchev–Trinajstić information content (AvgIpc) is 3.02. The van der Waals surface area contributed by atoms with Crippen molar-refractivity contribution in [1.82, 2.24) is 9.78 Å². The van der Waals surface area contributed by atoms with Crippen LogP contribution in [-0.2, 0) is 13.0 Å². The van der Waals surface area contributed by atoms with Crippen molar-refractivity contribution < 1.29 is 4.79 Å². The Labute approximate surface area is 148 Å². The standard InChI is InChI=1S/C18H16IN3O/c19-17-9-5-4-8-16(17)18(23)21-15-12-20-22(13-15)11-10-14-6-2-1-3-7-14/h1-9,12-13H,10-11H2,(H,21,23). The maximum absolute atomic E-state index is 12.3. The van der Waals surface area contributed by atoms with E-state index in [1.54, 1.807) is 6.20 Å². The van der Waals surface area contributed by atoms with Gasteiger partial charge in [-0.3, -0.25) is 9.48 Å². The summed E-state index contributed by atoms with van der Waals surface area (Å²) in [6, 6.07) is 17.8. The highest BCUT2D eigenvalue weighted by molar-refractivity contribution is 14.1. The Hall–Kier alpha value is -2.15. The normalized spacial score (nSPS) is 10.5. The molecular formula is C18H16IN3O. The highest BCUT2D eigenvalue weighted by atomic mass is 127.